The number of ether oxygens (including phenoxy) is 1. The summed E-state index contributed by atoms with van der Waals surface area (Å²) in [5.41, 5.74) is -3.32. The van der Waals surface area contributed by atoms with Crippen molar-refractivity contribution in [2.45, 2.75) is 18.7 Å². The van der Waals surface area contributed by atoms with E-state index in [0.29, 0.717) is 11.1 Å². The number of benzene rings is 2. The van der Waals surface area contributed by atoms with E-state index >= 15 is 0 Å². The average Bonchev–Trinajstić information content (AvgIpc) is 2.52. The van der Waals surface area contributed by atoms with Gasteiger partial charge in [0.1, 0.15) is 5.75 Å². The van der Waals surface area contributed by atoms with Crippen LogP contribution in [0.4, 0.5) is 13.2 Å². The van der Waals surface area contributed by atoms with Crippen LogP contribution in [0.15, 0.2) is 54.1 Å². The Labute approximate surface area is 136 Å². The molecule has 3 rings (SSSR count). The van der Waals surface area contributed by atoms with E-state index in [0.717, 1.165) is 6.08 Å². The number of halogens is 3. The van der Waals surface area contributed by atoms with Crippen LogP contribution in [0.1, 0.15) is 16.7 Å². The van der Waals surface area contributed by atoms with Crippen LogP contribution in [-0.4, -0.2) is 17.3 Å². The summed E-state index contributed by atoms with van der Waals surface area (Å²) in [7, 11) is 0. The van der Waals surface area contributed by atoms with Crippen LogP contribution < -0.4 is 4.74 Å². The van der Waals surface area contributed by atoms with Crippen LogP contribution in [0.25, 0.3) is 6.08 Å². The third kappa shape index (κ3) is 2.35. The Kier molecular flexibility index (Phi) is 3.63. The number of aryl methyl sites for hydroxylation is 1. The van der Waals surface area contributed by atoms with E-state index in [4.69, 9.17) is 4.74 Å². The first-order chi connectivity index (χ1) is 11.3. The molecule has 0 fully saturated rings. The smallest absolute Gasteiger partial charge is 0.437 e. The fourth-order valence-corrected chi connectivity index (χ4v) is 2.83. The zero-order valence-electron chi connectivity index (χ0n) is 12.6. The van der Waals surface area contributed by atoms with E-state index in [1.54, 1.807) is 19.1 Å². The maximum atomic E-state index is 14.1. The van der Waals surface area contributed by atoms with Crippen molar-refractivity contribution in [2.24, 2.45) is 0 Å². The van der Waals surface area contributed by atoms with Gasteiger partial charge in [-0.15, -0.1) is 0 Å². The largest absolute Gasteiger partial charge is 0.478 e. The summed E-state index contributed by atoms with van der Waals surface area (Å²) < 4.78 is 47.6. The van der Waals surface area contributed by atoms with E-state index in [1.165, 1.54) is 36.4 Å². The number of aliphatic carboxylic acids is 1. The molecule has 3 nitrogen and oxygen atoms in total. The summed E-state index contributed by atoms with van der Waals surface area (Å²) in [6.07, 6.45) is -3.93. The Morgan fingerprint density at radius 2 is 1.83 bits per heavy atom. The van der Waals surface area contributed by atoms with Gasteiger partial charge in [0.15, 0.2) is 0 Å². The number of para-hydroxylation sites is 1. The van der Waals surface area contributed by atoms with Gasteiger partial charge in [-0.2, -0.15) is 13.2 Å². The van der Waals surface area contributed by atoms with Crippen molar-refractivity contribution in [1.29, 1.82) is 0 Å². The summed E-state index contributed by atoms with van der Waals surface area (Å²) in [5.74, 6) is -1.69. The Balaban J connectivity index is 2.35. The molecule has 24 heavy (non-hydrogen) atoms. The van der Waals surface area contributed by atoms with Crippen LogP contribution in [0.3, 0.4) is 0 Å². The Morgan fingerprint density at radius 1 is 1.12 bits per heavy atom. The van der Waals surface area contributed by atoms with E-state index < -0.39 is 23.3 Å². The lowest BCUT2D eigenvalue weighted by Gasteiger charge is -2.39. The van der Waals surface area contributed by atoms with Crippen LogP contribution in [0.5, 0.6) is 5.75 Å². The monoisotopic (exact) mass is 334 g/mol. The molecule has 0 radical (unpaired) electrons. The number of fused-ring (bicyclic) bond motifs is 1. The van der Waals surface area contributed by atoms with Crippen molar-refractivity contribution in [3.05, 3.63) is 70.8 Å². The van der Waals surface area contributed by atoms with Gasteiger partial charge >= 0.3 is 12.1 Å². The zero-order chi connectivity index (χ0) is 17.5. The molecule has 0 aliphatic carbocycles. The quantitative estimate of drug-likeness (QED) is 0.890. The third-order valence-electron chi connectivity index (χ3n) is 3.92. The SMILES string of the molecule is Cc1cccc(C2(C(F)(F)F)Oc3ccccc3C=C2C(=O)O)c1. The highest BCUT2D eigenvalue weighted by Gasteiger charge is 2.64. The number of carboxylic acid groups (broad SMARTS) is 1. The van der Waals surface area contributed by atoms with E-state index in [2.05, 4.69) is 0 Å². The number of rotatable bonds is 2. The first-order valence-corrected chi connectivity index (χ1v) is 7.13. The van der Waals surface area contributed by atoms with Crippen LogP contribution >= 0.6 is 0 Å². The predicted octanol–water partition coefficient (Wildman–Crippen LogP) is 4.31. The summed E-state index contributed by atoms with van der Waals surface area (Å²) in [6.45, 7) is 1.63. The second-order valence-electron chi connectivity index (χ2n) is 5.55. The Hall–Kier alpha value is -2.76. The van der Waals surface area contributed by atoms with Crippen LogP contribution in [0.2, 0.25) is 0 Å². The highest BCUT2D eigenvalue weighted by atomic mass is 19.4. The normalized spacial score (nSPS) is 19.9. The van der Waals surface area contributed by atoms with Gasteiger partial charge < -0.3 is 9.84 Å². The van der Waals surface area contributed by atoms with E-state index in [9.17, 15) is 23.1 Å². The zero-order valence-corrected chi connectivity index (χ0v) is 12.6. The van der Waals surface area contributed by atoms with Gasteiger partial charge in [-0.1, -0.05) is 48.0 Å². The number of carbonyl (C=O) groups is 1. The molecule has 124 valence electrons. The van der Waals surface area contributed by atoms with Gasteiger partial charge in [0.2, 0.25) is 0 Å². The first kappa shape index (κ1) is 16.1. The molecule has 1 heterocycles. The summed E-state index contributed by atoms with van der Waals surface area (Å²) >= 11 is 0. The standard InChI is InChI=1S/C18H13F3O3/c1-11-5-4-7-13(9-11)17(18(19,20)21)14(16(22)23)10-12-6-2-3-8-15(12)24-17/h2-10H,1H3,(H,22,23). The number of carboxylic acids is 1. The summed E-state index contributed by atoms with van der Waals surface area (Å²) in [5, 5.41) is 9.45. The summed E-state index contributed by atoms with van der Waals surface area (Å²) in [4.78, 5) is 11.6. The van der Waals surface area contributed by atoms with Crippen LogP contribution in [-0.2, 0) is 10.4 Å². The molecule has 0 aromatic heterocycles. The van der Waals surface area contributed by atoms with Gasteiger partial charge in [-0.05, 0) is 19.1 Å². The number of hydrogen-bond donors (Lipinski definition) is 1. The summed E-state index contributed by atoms with van der Waals surface area (Å²) in [6, 6.07) is 11.6. The molecule has 2 aromatic carbocycles. The van der Waals surface area contributed by atoms with E-state index in [-0.39, 0.29) is 11.3 Å². The minimum absolute atomic E-state index is 0.0127. The molecule has 0 bridgehead atoms. The van der Waals surface area contributed by atoms with Crippen molar-refractivity contribution in [1.82, 2.24) is 0 Å². The van der Waals surface area contributed by atoms with Crippen molar-refractivity contribution >= 4 is 12.0 Å². The van der Waals surface area contributed by atoms with Crippen molar-refractivity contribution in [3.63, 3.8) is 0 Å². The van der Waals surface area contributed by atoms with Gasteiger partial charge in [0, 0.05) is 11.1 Å². The van der Waals surface area contributed by atoms with E-state index in [1.807, 2.05) is 0 Å². The molecule has 0 amide bonds. The highest BCUT2D eigenvalue weighted by Crippen LogP contribution is 2.51. The van der Waals surface area contributed by atoms with Crippen molar-refractivity contribution in [3.8, 4) is 5.75 Å². The Bertz CT molecular complexity index is 839. The molecule has 6 heteroatoms. The highest BCUT2D eigenvalue weighted by molar-refractivity contribution is 5.96. The maximum Gasteiger partial charge on any atom is 0.437 e. The average molecular weight is 334 g/mol. The third-order valence-corrected chi connectivity index (χ3v) is 3.92. The lowest BCUT2D eigenvalue weighted by molar-refractivity contribution is -0.240. The van der Waals surface area contributed by atoms with Crippen LogP contribution in [0, 0.1) is 6.92 Å². The molecule has 1 atom stereocenters. The molecule has 1 aliphatic heterocycles. The molecule has 1 N–H and O–H groups in total. The molecular weight excluding hydrogens is 321 g/mol. The van der Waals surface area contributed by atoms with Crippen molar-refractivity contribution < 1.29 is 27.8 Å². The fraction of sp³-hybridized carbons (Fsp3) is 0.167. The lowest BCUT2D eigenvalue weighted by atomic mass is 9.81. The van der Waals surface area contributed by atoms with Crippen molar-refractivity contribution in [2.75, 3.05) is 0 Å². The van der Waals surface area contributed by atoms with Gasteiger partial charge in [0.25, 0.3) is 5.60 Å². The molecule has 0 spiro atoms. The maximum absolute atomic E-state index is 14.1. The molecule has 1 aliphatic rings. The van der Waals surface area contributed by atoms with Gasteiger partial charge in [-0.25, -0.2) is 4.79 Å². The number of hydrogen-bond acceptors (Lipinski definition) is 2. The second kappa shape index (κ2) is 5.40. The first-order valence-electron chi connectivity index (χ1n) is 7.13. The molecule has 0 saturated carbocycles. The van der Waals surface area contributed by atoms with Gasteiger partial charge in [0.05, 0.1) is 5.57 Å². The van der Waals surface area contributed by atoms with Gasteiger partial charge in [-0.3, -0.25) is 0 Å². The predicted molar refractivity (Wildman–Crippen MR) is 81.6 cm³/mol. The molecular formula is C18H13F3O3. The molecule has 1 unspecified atom stereocenters. The fourth-order valence-electron chi connectivity index (χ4n) is 2.83. The minimum atomic E-state index is -4.96. The minimum Gasteiger partial charge on any atom is -0.478 e. The topological polar surface area (TPSA) is 46.5 Å². The molecule has 2 aromatic rings. The lowest BCUT2D eigenvalue weighted by Crippen LogP contribution is -2.52. The Morgan fingerprint density at radius 3 is 2.46 bits per heavy atom. The number of alkyl halides is 3. The second-order valence-corrected chi connectivity index (χ2v) is 5.55. The molecule has 0 saturated heterocycles.